The number of halogens is 3. The third-order valence-corrected chi connectivity index (χ3v) is 1.51. The van der Waals surface area contributed by atoms with E-state index in [-0.39, 0.29) is 11.5 Å². The van der Waals surface area contributed by atoms with E-state index in [0.29, 0.717) is 0 Å². The summed E-state index contributed by atoms with van der Waals surface area (Å²) in [5.41, 5.74) is 0. The fourth-order valence-corrected chi connectivity index (χ4v) is 0.856. The summed E-state index contributed by atoms with van der Waals surface area (Å²) in [7, 11) is 0. The first-order valence-corrected chi connectivity index (χ1v) is 3.96. The van der Waals surface area contributed by atoms with Gasteiger partial charge in [0.05, 0.1) is 13.0 Å². The van der Waals surface area contributed by atoms with Gasteiger partial charge in [-0.1, -0.05) is 12.1 Å². The number of phenols is 1. The molecule has 0 fully saturated rings. The Kier molecular flexibility index (Phi) is 3.22. The van der Waals surface area contributed by atoms with Crippen LogP contribution in [0, 0.1) is 0 Å². The van der Waals surface area contributed by atoms with Crippen molar-refractivity contribution in [1.29, 1.82) is 0 Å². The topological polar surface area (TPSA) is 29.5 Å². The summed E-state index contributed by atoms with van der Waals surface area (Å²) in [5, 5.41) is 9.13. The van der Waals surface area contributed by atoms with E-state index in [1.165, 1.54) is 12.1 Å². The molecule has 0 bridgehead atoms. The van der Waals surface area contributed by atoms with Gasteiger partial charge >= 0.3 is 6.18 Å². The first-order chi connectivity index (χ1) is 6.49. The molecule has 0 heterocycles. The molecule has 0 radical (unpaired) electrons. The number of hydrogen-bond donors (Lipinski definition) is 1. The lowest BCUT2D eigenvalue weighted by Gasteiger charge is -2.09. The van der Waals surface area contributed by atoms with Crippen LogP contribution in [0.1, 0.15) is 6.42 Å². The van der Waals surface area contributed by atoms with E-state index in [9.17, 15) is 13.2 Å². The van der Waals surface area contributed by atoms with E-state index in [1.54, 1.807) is 12.1 Å². The summed E-state index contributed by atoms with van der Waals surface area (Å²) in [6, 6.07) is 5.89. The molecule has 0 spiro atoms. The van der Waals surface area contributed by atoms with E-state index >= 15 is 0 Å². The van der Waals surface area contributed by atoms with Crippen molar-refractivity contribution in [3.8, 4) is 11.5 Å². The largest absolute Gasteiger partial charge is 0.504 e. The quantitative estimate of drug-likeness (QED) is 0.823. The lowest BCUT2D eigenvalue weighted by atomic mass is 10.3. The van der Waals surface area contributed by atoms with Gasteiger partial charge in [0.15, 0.2) is 11.5 Å². The van der Waals surface area contributed by atoms with Gasteiger partial charge in [-0.25, -0.2) is 0 Å². The zero-order chi connectivity index (χ0) is 10.6. The highest BCUT2D eigenvalue weighted by Gasteiger charge is 2.26. The minimum Gasteiger partial charge on any atom is -0.504 e. The number of aromatic hydroxyl groups is 1. The summed E-state index contributed by atoms with van der Waals surface area (Å²) < 4.78 is 39.9. The Morgan fingerprint density at radius 1 is 1.21 bits per heavy atom. The molecule has 0 aliphatic rings. The van der Waals surface area contributed by atoms with Crippen molar-refractivity contribution in [2.45, 2.75) is 12.6 Å². The third kappa shape index (κ3) is 3.55. The van der Waals surface area contributed by atoms with E-state index in [4.69, 9.17) is 9.84 Å². The molecule has 14 heavy (non-hydrogen) atoms. The lowest BCUT2D eigenvalue weighted by molar-refractivity contribution is -0.139. The Balaban J connectivity index is 2.43. The smallest absolute Gasteiger partial charge is 0.392 e. The first-order valence-electron chi connectivity index (χ1n) is 3.96. The highest BCUT2D eigenvalue weighted by Crippen LogP contribution is 2.26. The maximum absolute atomic E-state index is 11.7. The molecule has 0 unspecified atom stereocenters. The lowest BCUT2D eigenvalue weighted by Crippen LogP contribution is -2.12. The van der Waals surface area contributed by atoms with Gasteiger partial charge in [0, 0.05) is 0 Å². The molecule has 0 saturated heterocycles. The molecule has 0 atom stereocenters. The van der Waals surface area contributed by atoms with Gasteiger partial charge in [0.2, 0.25) is 0 Å². The van der Waals surface area contributed by atoms with Crippen LogP contribution >= 0.6 is 0 Å². The second kappa shape index (κ2) is 4.21. The number of ether oxygens (including phenoxy) is 1. The van der Waals surface area contributed by atoms with Gasteiger partial charge in [-0.15, -0.1) is 0 Å². The number of alkyl halides is 3. The molecular weight excluding hydrogens is 197 g/mol. The molecule has 1 N–H and O–H groups in total. The molecule has 0 aliphatic heterocycles. The number of para-hydroxylation sites is 2. The van der Waals surface area contributed by atoms with E-state index in [0.717, 1.165) is 0 Å². The first kappa shape index (κ1) is 10.7. The van der Waals surface area contributed by atoms with Crippen LogP contribution in [0.25, 0.3) is 0 Å². The maximum Gasteiger partial charge on any atom is 0.392 e. The zero-order valence-corrected chi connectivity index (χ0v) is 7.21. The van der Waals surface area contributed by atoms with Gasteiger partial charge in [-0.05, 0) is 12.1 Å². The van der Waals surface area contributed by atoms with Crippen molar-refractivity contribution in [2.24, 2.45) is 0 Å². The summed E-state index contributed by atoms with van der Waals surface area (Å²) in [6.07, 6.45) is -5.26. The SMILES string of the molecule is Oc1ccccc1OCCC(F)(F)F. The number of benzene rings is 1. The second-order valence-corrected chi connectivity index (χ2v) is 2.68. The standard InChI is InChI=1S/C9H9F3O2/c10-9(11,12)5-6-14-8-4-2-1-3-7(8)13/h1-4,13H,5-6H2. The van der Waals surface area contributed by atoms with Crippen LogP contribution in [0.2, 0.25) is 0 Å². The van der Waals surface area contributed by atoms with E-state index < -0.39 is 19.2 Å². The van der Waals surface area contributed by atoms with Crippen LogP contribution < -0.4 is 4.74 Å². The third-order valence-electron chi connectivity index (χ3n) is 1.51. The summed E-state index contributed by atoms with van der Waals surface area (Å²) in [5.74, 6) is -0.0913. The molecule has 0 aliphatic carbocycles. The second-order valence-electron chi connectivity index (χ2n) is 2.68. The Morgan fingerprint density at radius 2 is 1.86 bits per heavy atom. The highest BCUT2D eigenvalue weighted by atomic mass is 19.4. The normalized spacial score (nSPS) is 11.4. The molecule has 1 aromatic carbocycles. The number of hydrogen-bond acceptors (Lipinski definition) is 2. The zero-order valence-electron chi connectivity index (χ0n) is 7.21. The fourth-order valence-electron chi connectivity index (χ4n) is 0.856. The van der Waals surface area contributed by atoms with Crippen LogP contribution in [0.3, 0.4) is 0 Å². The molecular formula is C9H9F3O2. The molecule has 5 heteroatoms. The van der Waals surface area contributed by atoms with Crippen molar-refractivity contribution in [3.63, 3.8) is 0 Å². The monoisotopic (exact) mass is 206 g/mol. The van der Waals surface area contributed by atoms with Crippen molar-refractivity contribution in [2.75, 3.05) is 6.61 Å². The van der Waals surface area contributed by atoms with Crippen LogP contribution in [0.15, 0.2) is 24.3 Å². The Hall–Kier alpha value is -1.39. The minimum absolute atomic E-state index is 0.0664. The van der Waals surface area contributed by atoms with Crippen LogP contribution in [-0.4, -0.2) is 17.9 Å². The van der Waals surface area contributed by atoms with Crippen molar-refractivity contribution >= 4 is 0 Å². The van der Waals surface area contributed by atoms with Crippen LogP contribution in [0.5, 0.6) is 11.5 Å². The van der Waals surface area contributed by atoms with Crippen molar-refractivity contribution < 1.29 is 23.0 Å². The summed E-state index contributed by atoms with van der Waals surface area (Å²) in [6.45, 7) is -0.485. The minimum atomic E-state index is -4.23. The van der Waals surface area contributed by atoms with Crippen LogP contribution in [-0.2, 0) is 0 Å². The van der Waals surface area contributed by atoms with E-state index in [2.05, 4.69) is 0 Å². The average molecular weight is 206 g/mol. The van der Waals surface area contributed by atoms with E-state index in [1.807, 2.05) is 0 Å². The summed E-state index contributed by atoms with van der Waals surface area (Å²) >= 11 is 0. The molecule has 1 rings (SSSR count). The molecule has 0 saturated carbocycles. The van der Waals surface area contributed by atoms with Crippen molar-refractivity contribution in [1.82, 2.24) is 0 Å². The van der Waals surface area contributed by atoms with Gasteiger partial charge in [-0.2, -0.15) is 13.2 Å². The Bertz CT molecular complexity index is 296. The Morgan fingerprint density at radius 3 is 2.43 bits per heavy atom. The van der Waals surface area contributed by atoms with Gasteiger partial charge in [-0.3, -0.25) is 0 Å². The average Bonchev–Trinajstić information content (AvgIpc) is 2.06. The number of rotatable bonds is 3. The molecule has 0 amide bonds. The summed E-state index contributed by atoms with van der Waals surface area (Å²) in [4.78, 5) is 0. The molecule has 2 nitrogen and oxygen atoms in total. The molecule has 1 aromatic rings. The van der Waals surface area contributed by atoms with Gasteiger partial charge in [0.25, 0.3) is 0 Å². The predicted molar refractivity (Wildman–Crippen MR) is 44.3 cm³/mol. The van der Waals surface area contributed by atoms with Crippen molar-refractivity contribution in [3.05, 3.63) is 24.3 Å². The molecule has 0 aromatic heterocycles. The highest BCUT2D eigenvalue weighted by molar-refractivity contribution is 5.37. The van der Waals surface area contributed by atoms with Crippen LogP contribution in [0.4, 0.5) is 13.2 Å². The molecule has 78 valence electrons. The Labute approximate surface area is 78.9 Å². The van der Waals surface area contributed by atoms with Gasteiger partial charge < -0.3 is 9.84 Å². The fraction of sp³-hybridized carbons (Fsp3) is 0.333. The number of phenolic OH excluding ortho intramolecular Hbond substituents is 1. The predicted octanol–water partition coefficient (Wildman–Crippen LogP) is 2.72. The van der Waals surface area contributed by atoms with Gasteiger partial charge in [0.1, 0.15) is 0 Å². The maximum atomic E-state index is 11.7.